The molecular weight excluding hydrogens is 449 g/mol. The van der Waals surface area contributed by atoms with Crippen LogP contribution in [0.25, 0.3) is 11.1 Å². The summed E-state index contributed by atoms with van der Waals surface area (Å²) in [5, 5.41) is 2.25. The molecular formula is C27H26N2S3. The third kappa shape index (κ3) is 5.85. The van der Waals surface area contributed by atoms with Gasteiger partial charge in [-0.1, -0.05) is 84.6 Å². The Labute approximate surface area is 203 Å². The van der Waals surface area contributed by atoms with Gasteiger partial charge in [0.05, 0.1) is 4.21 Å². The zero-order chi connectivity index (χ0) is 21.6. The Kier molecular flexibility index (Phi) is 7.31. The molecule has 1 N–H and O–H groups in total. The molecule has 0 saturated carbocycles. The molecule has 4 aromatic rings. The van der Waals surface area contributed by atoms with Gasteiger partial charge in [-0.2, -0.15) is 0 Å². The summed E-state index contributed by atoms with van der Waals surface area (Å²) in [4.78, 5) is 5.16. The molecule has 1 unspecified atom stereocenters. The van der Waals surface area contributed by atoms with Crippen LogP contribution in [0.4, 0.5) is 0 Å². The van der Waals surface area contributed by atoms with E-state index in [0.717, 1.165) is 19.6 Å². The first-order chi connectivity index (χ1) is 15.8. The highest BCUT2D eigenvalue weighted by Gasteiger charge is 2.22. The van der Waals surface area contributed by atoms with Gasteiger partial charge in [0.25, 0.3) is 0 Å². The van der Waals surface area contributed by atoms with Crippen molar-refractivity contribution in [2.75, 3.05) is 13.1 Å². The van der Waals surface area contributed by atoms with E-state index in [0.29, 0.717) is 6.04 Å². The average molecular weight is 475 g/mol. The zero-order valence-electron chi connectivity index (χ0n) is 17.8. The van der Waals surface area contributed by atoms with E-state index in [2.05, 4.69) is 106 Å². The molecule has 1 fully saturated rings. The molecule has 0 amide bonds. The van der Waals surface area contributed by atoms with Crippen molar-refractivity contribution in [1.29, 1.82) is 0 Å². The third-order valence-electron chi connectivity index (χ3n) is 5.60. The number of nitrogens with zero attached hydrogens (tertiary/aromatic N) is 1. The minimum atomic E-state index is 0.538. The Hall–Kier alpha value is -2.02. The molecule has 5 rings (SSSR count). The van der Waals surface area contributed by atoms with E-state index in [1.54, 1.807) is 11.9 Å². The summed E-state index contributed by atoms with van der Waals surface area (Å²) < 4.78 is 5.03. The Morgan fingerprint density at radius 3 is 2.34 bits per heavy atom. The Bertz CT molecular complexity index is 1110. The molecule has 32 heavy (non-hydrogen) atoms. The predicted octanol–water partition coefficient (Wildman–Crippen LogP) is 7.44. The lowest BCUT2D eigenvalue weighted by Gasteiger charge is -2.16. The summed E-state index contributed by atoms with van der Waals surface area (Å²) in [6.45, 7) is 3.28. The highest BCUT2D eigenvalue weighted by molar-refractivity contribution is 8.00. The van der Waals surface area contributed by atoms with Crippen LogP contribution < -0.4 is 4.72 Å². The summed E-state index contributed by atoms with van der Waals surface area (Å²) in [6, 6.07) is 33.0. The van der Waals surface area contributed by atoms with Crippen molar-refractivity contribution in [2.24, 2.45) is 0 Å². The lowest BCUT2D eigenvalue weighted by molar-refractivity contribution is 0.325. The molecule has 0 aliphatic carbocycles. The van der Waals surface area contributed by atoms with Gasteiger partial charge < -0.3 is 0 Å². The van der Waals surface area contributed by atoms with Crippen LogP contribution in [0.3, 0.4) is 0 Å². The number of benzene rings is 3. The fourth-order valence-electron chi connectivity index (χ4n) is 3.94. The average Bonchev–Trinajstić information content (AvgIpc) is 3.49. The summed E-state index contributed by atoms with van der Waals surface area (Å²) in [5.74, 6) is 0. The van der Waals surface area contributed by atoms with E-state index < -0.39 is 0 Å². The predicted molar refractivity (Wildman–Crippen MR) is 139 cm³/mol. The number of nitrogens with one attached hydrogen (secondary N) is 1. The summed E-state index contributed by atoms with van der Waals surface area (Å²) in [7, 11) is 0. The van der Waals surface area contributed by atoms with Gasteiger partial charge in [0.1, 0.15) is 0 Å². The quantitative estimate of drug-likeness (QED) is 0.267. The van der Waals surface area contributed by atoms with E-state index in [-0.39, 0.29) is 0 Å². The van der Waals surface area contributed by atoms with Crippen molar-refractivity contribution in [3.63, 3.8) is 0 Å². The minimum Gasteiger partial charge on any atom is -0.297 e. The van der Waals surface area contributed by atoms with Gasteiger partial charge in [-0.3, -0.25) is 9.62 Å². The number of hydrogen-bond acceptors (Lipinski definition) is 5. The molecule has 1 aliphatic rings. The summed E-state index contributed by atoms with van der Waals surface area (Å²) in [5.41, 5.74) is 3.95. The normalized spacial score (nSPS) is 16.4. The Balaban J connectivity index is 1.08. The van der Waals surface area contributed by atoms with Crippen molar-refractivity contribution in [2.45, 2.75) is 33.0 Å². The van der Waals surface area contributed by atoms with Crippen molar-refractivity contribution >= 4 is 35.0 Å². The maximum absolute atomic E-state index is 3.70. The molecule has 1 atom stereocenters. The number of likely N-dealkylation sites (tertiary alicyclic amines) is 1. The third-order valence-corrected chi connectivity index (χ3v) is 8.76. The molecule has 0 radical (unpaired) electrons. The van der Waals surface area contributed by atoms with Crippen LogP contribution in [0.2, 0.25) is 0 Å². The van der Waals surface area contributed by atoms with Crippen LogP contribution in [0.1, 0.15) is 12.0 Å². The van der Waals surface area contributed by atoms with E-state index >= 15 is 0 Å². The molecule has 162 valence electrons. The van der Waals surface area contributed by atoms with Gasteiger partial charge in [0.2, 0.25) is 0 Å². The topological polar surface area (TPSA) is 15.3 Å². The number of thiophene rings is 1. The smallest absolute Gasteiger partial charge is 0.0763 e. The van der Waals surface area contributed by atoms with Crippen molar-refractivity contribution in [3.05, 3.63) is 102 Å². The molecule has 1 saturated heterocycles. The first kappa shape index (κ1) is 21.8. The van der Waals surface area contributed by atoms with E-state index in [9.17, 15) is 0 Å². The monoisotopic (exact) mass is 474 g/mol. The van der Waals surface area contributed by atoms with Gasteiger partial charge >= 0.3 is 0 Å². The number of hydrogen-bond donors (Lipinski definition) is 1. The molecule has 0 bridgehead atoms. The molecule has 1 aromatic heterocycles. The van der Waals surface area contributed by atoms with Gasteiger partial charge in [-0.25, -0.2) is 0 Å². The standard InChI is InChI=1S/C27H26N2S3/c1-3-7-22(8-4-1)23-13-11-21(12-14-23)18-29-16-15-24(19-29)28-32-27-17-26(20-30-27)31-25-9-5-2-6-10-25/h1-14,17,20,24,28H,15-16,18-19H2. The van der Waals surface area contributed by atoms with Crippen LogP contribution in [-0.4, -0.2) is 24.0 Å². The van der Waals surface area contributed by atoms with E-state index in [4.69, 9.17) is 0 Å². The van der Waals surface area contributed by atoms with Crippen molar-refractivity contribution in [3.8, 4) is 11.1 Å². The molecule has 0 spiro atoms. The second-order valence-corrected chi connectivity index (χ2v) is 11.2. The fourth-order valence-corrected chi connectivity index (χ4v) is 6.80. The maximum Gasteiger partial charge on any atom is 0.0763 e. The molecule has 3 aromatic carbocycles. The molecule has 5 heteroatoms. The largest absolute Gasteiger partial charge is 0.297 e. The van der Waals surface area contributed by atoms with E-state index in [1.807, 2.05) is 23.1 Å². The van der Waals surface area contributed by atoms with Gasteiger partial charge in [0, 0.05) is 40.8 Å². The van der Waals surface area contributed by atoms with Crippen LogP contribution in [0, 0.1) is 0 Å². The highest BCUT2D eigenvalue weighted by atomic mass is 32.2. The lowest BCUT2D eigenvalue weighted by atomic mass is 10.0. The maximum atomic E-state index is 3.70. The summed E-state index contributed by atoms with van der Waals surface area (Å²) >= 11 is 5.44. The molecule has 2 nitrogen and oxygen atoms in total. The first-order valence-electron chi connectivity index (χ1n) is 10.9. The summed E-state index contributed by atoms with van der Waals surface area (Å²) in [6.07, 6.45) is 1.20. The van der Waals surface area contributed by atoms with Gasteiger partial charge in [-0.05, 0) is 53.3 Å². The van der Waals surface area contributed by atoms with Crippen LogP contribution >= 0.6 is 35.0 Å². The van der Waals surface area contributed by atoms with E-state index in [1.165, 1.54) is 37.1 Å². The van der Waals surface area contributed by atoms with Crippen molar-refractivity contribution < 1.29 is 0 Å². The minimum absolute atomic E-state index is 0.538. The fraction of sp³-hybridized carbons (Fsp3) is 0.185. The SMILES string of the molecule is c1ccc(Sc2csc(SNC3CCN(Cc4ccc(-c5ccccc5)cc4)C3)c2)cc1. The number of rotatable bonds is 8. The van der Waals surface area contributed by atoms with Crippen LogP contribution in [-0.2, 0) is 6.54 Å². The zero-order valence-corrected chi connectivity index (χ0v) is 20.3. The Morgan fingerprint density at radius 2 is 1.56 bits per heavy atom. The van der Waals surface area contributed by atoms with Crippen molar-refractivity contribution in [1.82, 2.24) is 9.62 Å². The molecule has 2 heterocycles. The second kappa shape index (κ2) is 10.7. The first-order valence-corrected chi connectivity index (χ1v) is 13.4. The van der Waals surface area contributed by atoms with Crippen LogP contribution in [0.5, 0.6) is 0 Å². The second-order valence-electron chi connectivity index (χ2n) is 8.02. The van der Waals surface area contributed by atoms with Gasteiger partial charge in [0.15, 0.2) is 0 Å². The lowest BCUT2D eigenvalue weighted by Crippen LogP contribution is -2.27. The van der Waals surface area contributed by atoms with Crippen LogP contribution in [0.15, 0.2) is 110 Å². The molecule has 1 aliphatic heterocycles. The highest BCUT2D eigenvalue weighted by Crippen LogP contribution is 2.35. The Morgan fingerprint density at radius 1 is 0.844 bits per heavy atom. The van der Waals surface area contributed by atoms with Gasteiger partial charge in [-0.15, -0.1) is 11.3 Å².